The van der Waals surface area contributed by atoms with E-state index in [9.17, 15) is 24.3 Å². The zero-order valence-electron chi connectivity index (χ0n) is 16.2. The van der Waals surface area contributed by atoms with Gasteiger partial charge in [-0.25, -0.2) is 9.36 Å². The van der Waals surface area contributed by atoms with E-state index in [4.69, 9.17) is 5.73 Å². The second kappa shape index (κ2) is 8.52. The molecule has 0 radical (unpaired) electrons. The lowest BCUT2D eigenvalue weighted by molar-refractivity contribution is -0.689. The molecule has 0 aromatic carbocycles. The summed E-state index contributed by atoms with van der Waals surface area (Å²) < 4.78 is 1.72. The molecule has 11 heteroatoms. The van der Waals surface area contributed by atoms with Gasteiger partial charge in [0.2, 0.25) is 11.8 Å². The van der Waals surface area contributed by atoms with Crippen LogP contribution in [0, 0.1) is 0 Å². The van der Waals surface area contributed by atoms with Crippen molar-refractivity contribution in [1.82, 2.24) is 10.2 Å². The smallest absolute Gasteiger partial charge is 0.352 e. The van der Waals surface area contributed by atoms with Gasteiger partial charge in [-0.2, -0.15) is 0 Å². The monoisotopic (exact) mass is 459 g/mol. The van der Waals surface area contributed by atoms with Crippen LogP contribution < -0.4 is 15.6 Å². The van der Waals surface area contributed by atoms with Crippen molar-refractivity contribution in [3.8, 4) is 0 Å². The first kappa shape index (κ1) is 21.1. The Labute approximate surface area is 185 Å². The number of primary amides is 1. The van der Waals surface area contributed by atoms with Gasteiger partial charge in [0.15, 0.2) is 18.9 Å². The van der Waals surface area contributed by atoms with Crippen molar-refractivity contribution in [3.05, 3.63) is 63.7 Å². The molecule has 2 atom stereocenters. The largest absolute Gasteiger partial charge is 0.477 e. The molecule has 2 aromatic heterocycles. The van der Waals surface area contributed by atoms with Gasteiger partial charge in [-0.15, -0.1) is 23.1 Å². The van der Waals surface area contributed by atoms with Crippen molar-refractivity contribution in [1.29, 1.82) is 0 Å². The minimum atomic E-state index is -1.19. The predicted octanol–water partition coefficient (Wildman–Crippen LogP) is 0.116. The van der Waals surface area contributed by atoms with E-state index in [1.54, 1.807) is 29.1 Å². The number of nitrogens with zero attached hydrogens (tertiary/aromatic N) is 2. The van der Waals surface area contributed by atoms with Crippen molar-refractivity contribution in [2.45, 2.75) is 24.4 Å². The standard InChI is InChI=1S/C20H18N4O5S2/c21-17(26)11-3-5-23(6-4-11)9-12-10-31-19-15(18(27)24(19)16(12)20(28)29)22-14(25)8-13-2-1-7-30-13/h1-7,15,19H,8-10H2,(H3-,21,22,25,26,28,29)/p+1/t15-,19+/m1/s1. The van der Waals surface area contributed by atoms with Crippen LogP contribution in [0.2, 0.25) is 0 Å². The number of hydrogen-bond acceptors (Lipinski definition) is 6. The van der Waals surface area contributed by atoms with Gasteiger partial charge in [-0.05, 0) is 11.4 Å². The van der Waals surface area contributed by atoms with Crippen LogP contribution in [-0.4, -0.2) is 50.9 Å². The molecule has 31 heavy (non-hydrogen) atoms. The van der Waals surface area contributed by atoms with Crippen molar-refractivity contribution in [3.63, 3.8) is 0 Å². The number of carbonyl (C=O) groups excluding carboxylic acids is 3. The summed E-state index contributed by atoms with van der Waals surface area (Å²) in [5, 5.41) is 13.9. The number of aliphatic carboxylic acids is 1. The van der Waals surface area contributed by atoms with Crippen molar-refractivity contribution < 1.29 is 28.9 Å². The van der Waals surface area contributed by atoms with E-state index < -0.39 is 29.2 Å². The lowest BCUT2D eigenvalue weighted by atomic mass is 10.0. The average Bonchev–Trinajstić information content (AvgIpc) is 3.24. The SMILES string of the molecule is NC(=O)c1cc[n+](CC2=C(C(=O)O)N3C(=O)[C@@H](NC(=O)Cc4cccs4)[C@@H]3SC2)cc1. The molecule has 3 amide bonds. The summed E-state index contributed by atoms with van der Waals surface area (Å²) in [5.41, 5.74) is 6.11. The fraction of sp³-hybridized carbons (Fsp3) is 0.250. The highest BCUT2D eigenvalue weighted by Crippen LogP contribution is 2.40. The van der Waals surface area contributed by atoms with E-state index >= 15 is 0 Å². The fourth-order valence-corrected chi connectivity index (χ4v) is 5.59. The maximum atomic E-state index is 12.7. The van der Waals surface area contributed by atoms with Crippen LogP contribution in [0.5, 0.6) is 0 Å². The van der Waals surface area contributed by atoms with Gasteiger partial charge in [0, 0.05) is 28.3 Å². The second-order valence-corrected chi connectivity index (χ2v) is 9.23. The molecule has 4 rings (SSSR count). The number of rotatable bonds is 7. The maximum Gasteiger partial charge on any atom is 0.352 e. The number of hydrogen-bond donors (Lipinski definition) is 3. The van der Waals surface area contributed by atoms with E-state index in [0.29, 0.717) is 16.9 Å². The first-order valence-corrected chi connectivity index (χ1v) is 11.3. The van der Waals surface area contributed by atoms with Gasteiger partial charge in [0.05, 0.1) is 12.0 Å². The number of thiophene rings is 1. The van der Waals surface area contributed by atoms with E-state index in [2.05, 4.69) is 5.32 Å². The Morgan fingerprint density at radius 1 is 1.26 bits per heavy atom. The number of β-lactam (4-membered cyclic amide) rings is 1. The normalized spacial score (nSPS) is 20.1. The van der Waals surface area contributed by atoms with Crippen LogP contribution in [0.4, 0.5) is 0 Å². The quantitative estimate of drug-likeness (QED) is 0.398. The van der Waals surface area contributed by atoms with Crippen LogP contribution in [0.3, 0.4) is 0 Å². The molecule has 4 heterocycles. The molecule has 160 valence electrons. The van der Waals surface area contributed by atoms with Gasteiger partial charge in [0.25, 0.3) is 5.91 Å². The van der Waals surface area contributed by atoms with E-state index in [1.165, 1.54) is 28.0 Å². The van der Waals surface area contributed by atoms with Gasteiger partial charge in [-0.3, -0.25) is 19.3 Å². The minimum Gasteiger partial charge on any atom is -0.477 e. The number of aromatic nitrogens is 1. The highest BCUT2D eigenvalue weighted by Gasteiger charge is 2.54. The summed E-state index contributed by atoms with van der Waals surface area (Å²) in [4.78, 5) is 50.3. The second-order valence-electron chi connectivity index (χ2n) is 7.09. The molecule has 0 spiro atoms. The summed E-state index contributed by atoms with van der Waals surface area (Å²) in [6.07, 6.45) is 3.45. The number of thioether (sulfide) groups is 1. The first-order chi connectivity index (χ1) is 14.8. The number of nitrogens with one attached hydrogen (secondary N) is 1. The number of fused-ring (bicyclic) bond motifs is 1. The molecule has 0 aliphatic carbocycles. The third kappa shape index (κ3) is 4.19. The highest BCUT2D eigenvalue weighted by atomic mass is 32.2. The van der Waals surface area contributed by atoms with Gasteiger partial charge in [-0.1, -0.05) is 6.07 Å². The molecule has 1 fully saturated rings. The number of carboxylic acids is 1. The molecule has 0 unspecified atom stereocenters. The van der Waals surface area contributed by atoms with Gasteiger partial charge >= 0.3 is 5.97 Å². The van der Waals surface area contributed by atoms with E-state index in [1.807, 2.05) is 17.5 Å². The van der Waals surface area contributed by atoms with Gasteiger partial charge < -0.3 is 16.2 Å². The van der Waals surface area contributed by atoms with Crippen LogP contribution in [0.1, 0.15) is 15.2 Å². The predicted molar refractivity (Wildman–Crippen MR) is 113 cm³/mol. The third-order valence-corrected chi connectivity index (χ3v) is 7.25. The van der Waals surface area contributed by atoms with Gasteiger partial charge in [0.1, 0.15) is 17.1 Å². The highest BCUT2D eigenvalue weighted by molar-refractivity contribution is 8.00. The van der Waals surface area contributed by atoms with E-state index in [0.717, 1.165) is 4.88 Å². The number of amides is 3. The number of pyridine rings is 1. The minimum absolute atomic E-state index is 0.0519. The zero-order valence-corrected chi connectivity index (χ0v) is 17.8. The number of carboxylic acid groups (broad SMARTS) is 1. The van der Waals surface area contributed by atoms with Crippen LogP contribution in [-0.2, 0) is 27.3 Å². The summed E-state index contributed by atoms with van der Waals surface area (Å²) >= 11 is 2.88. The Hall–Kier alpha value is -3.18. The van der Waals surface area contributed by atoms with Crippen LogP contribution in [0.15, 0.2) is 53.3 Å². The molecule has 9 nitrogen and oxygen atoms in total. The molecule has 4 N–H and O–H groups in total. The summed E-state index contributed by atoms with van der Waals surface area (Å²) in [6, 6.07) is 6.06. The first-order valence-electron chi connectivity index (χ1n) is 9.36. The molecule has 1 saturated heterocycles. The number of carbonyl (C=O) groups is 4. The average molecular weight is 460 g/mol. The molecular formula is C20H19N4O5S2+. The summed E-state index contributed by atoms with van der Waals surface area (Å²) in [5.74, 6) is -2.03. The fourth-order valence-electron chi connectivity index (χ4n) is 3.55. The zero-order chi connectivity index (χ0) is 22.1. The molecule has 2 aliphatic rings. The Bertz CT molecular complexity index is 1080. The molecule has 0 saturated carbocycles. The Kier molecular flexibility index (Phi) is 5.79. The molecular weight excluding hydrogens is 440 g/mol. The lowest BCUT2D eigenvalue weighted by Crippen LogP contribution is -2.70. The summed E-state index contributed by atoms with van der Waals surface area (Å²) in [7, 11) is 0. The van der Waals surface area contributed by atoms with E-state index in [-0.39, 0.29) is 24.6 Å². The van der Waals surface area contributed by atoms with Crippen molar-refractivity contribution in [2.75, 3.05) is 5.75 Å². The van der Waals surface area contributed by atoms with Crippen molar-refractivity contribution in [2.24, 2.45) is 5.73 Å². The van der Waals surface area contributed by atoms with Crippen LogP contribution >= 0.6 is 23.1 Å². The molecule has 0 bridgehead atoms. The maximum absolute atomic E-state index is 12.7. The summed E-state index contributed by atoms with van der Waals surface area (Å²) in [6.45, 7) is 0.250. The number of nitrogens with two attached hydrogens (primary N) is 1. The van der Waals surface area contributed by atoms with Crippen LogP contribution in [0.25, 0.3) is 0 Å². The third-order valence-electron chi connectivity index (χ3n) is 5.03. The van der Waals surface area contributed by atoms with Crippen molar-refractivity contribution >= 4 is 46.8 Å². The molecule has 2 aromatic rings. The lowest BCUT2D eigenvalue weighted by Gasteiger charge is -2.49. The topological polar surface area (TPSA) is 134 Å². The Balaban J connectivity index is 1.48. The Morgan fingerprint density at radius 2 is 2.00 bits per heavy atom. The molecule has 2 aliphatic heterocycles. The Morgan fingerprint density at radius 3 is 2.61 bits per heavy atom.